The first kappa shape index (κ1) is 13.6. The molecule has 2 aromatic rings. The number of rotatable bonds is 3. The van der Waals surface area contributed by atoms with Crippen LogP contribution in [0.25, 0.3) is 0 Å². The van der Waals surface area contributed by atoms with E-state index in [0.29, 0.717) is 11.1 Å². The van der Waals surface area contributed by atoms with Crippen molar-refractivity contribution >= 4 is 0 Å². The van der Waals surface area contributed by atoms with Crippen LogP contribution in [0.5, 0.6) is 0 Å². The molecule has 2 atom stereocenters. The van der Waals surface area contributed by atoms with Gasteiger partial charge in [-0.3, -0.25) is 0 Å². The number of benzene rings is 1. The van der Waals surface area contributed by atoms with E-state index in [4.69, 9.17) is 5.73 Å². The minimum atomic E-state index is -1.55. The average molecular weight is 264 g/mol. The Balaban J connectivity index is 2.54. The van der Waals surface area contributed by atoms with E-state index in [1.807, 2.05) is 0 Å². The number of halogens is 2. The molecule has 0 saturated carbocycles. The lowest BCUT2D eigenvalue weighted by Crippen LogP contribution is -2.44. The average Bonchev–Trinajstić information content (AvgIpc) is 2.39. The van der Waals surface area contributed by atoms with Gasteiger partial charge in [0.25, 0.3) is 0 Å². The molecule has 0 unspecified atom stereocenters. The summed E-state index contributed by atoms with van der Waals surface area (Å²) in [6.45, 7) is 1.62. The number of aromatic nitrogens is 1. The number of pyridine rings is 1. The molecule has 1 aromatic heterocycles. The summed E-state index contributed by atoms with van der Waals surface area (Å²) in [4.78, 5) is 3.51. The highest BCUT2D eigenvalue weighted by atomic mass is 19.1. The van der Waals surface area contributed by atoms with Gasteiger partial charge in [0.2, 0.25) is 5.95 Å². The predicted molar refractivity (Wildman–Crippen MR) is 67.2 cm³/mol. The molecular weight excluding hydrogens is 250 g/mol. The second kappa shape index (κ2) is 5.03. The summed E-state index contributed by atoms with van der Waals surface area (Å²) in [5, 5.41) is 10.8. The Morgan fingerprint density at radius 3 is 2.16 bits per heavy atom. The van der Waals surface area contributed by atoms with E-state index < -0.39 is 23.4 Å². The number of nitrogens with two attached hydrogens (primary N) is 1. The van der Waals surface area contributed by atoms with Gasteiger partial charge in [-0.15, -0.1) is 0 Å². The normalized spacial score (nSPS) is 15.8. The zero-order valence-electron chi connectivity index (χ0n) is 10.3. The van der Waals surface area contributed by atoms with Crippen LogP contribution in [-0.2, 0) is 5.60 Å². The van der Waals surface area contributed by atoms with Crippen molar-refractivity contribution in [2.45, 2.75) is 18.6 Å². The summed E-state index contributed by atoms with van der Waals surface area (Å²) < 4.78 is 25.8. The lowest BCUT2D eigenvalue weighted by Gasteiger charge is -2.32. The molecule has 0 radical (unpaired) electrons. The van der Waals surface area contributed by atoms with Crippen LogP contribution >= 0.6 is 0 Å². The smallest absolute Gasteiger partial charge is 0.212 e. The second-order valence-corrected chi connectivity index (χ2v) is 4.43. The Bertz CT molecular complexity index is 507. The van der Waals surface area contributed by atoms with Crippen molar-refractivity contribution in [3.63, 3.8) is 0 Å². The van der Waals surface area contributed by atoms with Gasteiger partial charge in [-0.1, -0.05) is 12.1 Å². The van der Waals surface area contributed by atoms with Gasteiger partial charge in [0.15, 0.2) is 0 Å². The molecule has 0 bridgehead atoms. The third-order valence-electron chi connectivity index (χ3n) is 3.11. The summed E-state index contributed by atoms with van der Waals surface area (Å²) in [5.41, 5.74) is 5.08. The number of aliphatic hydroxyl groups is 1. The standard InChI is InChI=1S/C14H14F2N2O/c1-9(17)14(19,10-2-5-12(15)6-3-10)11-4-7-13(16)18-8-11/h2-9,19H,17H2,1H3/t9-,14+/m0/s1. The number of hydrogen-bond acceptors (Lipinski definition) is 3. The quantitative estimate of drug-likeness (QED) is 0.833. The largest absolute Gasteiger partial charge is 0.379 e. The van der Waals surface area contributed by atoms with Crippen LogP contribution in [0.2, 0.25) is 0 Å². The van der Waals surface area contributed by atoms with Crippen molar-refractivity contribution in [3.8, 4) is 0 Å². The third-order valence-corrected chi connectivity index (χ3v) is 3.11. The molecule has 1 heterocycles. The third kappa shape index (κ3) is 2.47. The van der Waals surface area contributed by atoms with Crippen LogP contribution in [0.1, 0.15) is 18.1 Å². The predicted octanol–water partition coefficient (Wildman–Crippen LogP) is 1.94. The minimum Gasteiger partial charge on any atom is -0.379 e. The first-order valence-electron chi connectivity index (χ1n) is 5.80. The van der Waals surface area contributed by atoms with Crippen LogP contribution in [0.4, 0.5) is 8.78 Å². The molecule has 0 saturated heterocycles. The van der Waals surface area contributed by atoms with Crippen molar-refractivity contribution in [2.24, 2.45) is 5.73 Å². The molecule has 1 aromatic carbocycles. The highest BCUT2D eigenvalue weighted by Gasteiger charge is 2.36. The van der Waals surface area contributed by atoms with Crippen molar-refractivity contribution in [1.82, 2.24) is 4.98 Å². The summed E-state index contributed by atoms with van der Waals surface area (Å²) >= 11 is 0. The first-order valence-corrected chi connectivity index (χ1v) is 5.80. The summed E-state index contributed by atoms with van der Waals surface area (Å²) in [6.07, 6.45) is 1.22. The molecular formula is C14H14F2N2O. The number of nitrogens with zero attached hydrogens (tertiary/aromatic N) is 1. The van der Waals surface area contributed by atoms with Gasteiger partial charge in [0, 0.05) is 17.8 Å². The zero-order valence-corrected chi connectivity index (χ0v) is 10.3. The highest BCUT2D eigenvalue weighted by Crippen LogP contribution is 2.31. The van der Waals surface area contributed by atoms with Crippen LogP contribution < -0.4 is 5.73 Å². The molecule has 5 heteroatoms. The topological polar surface area (TPSA) is 59.1 Å². The van der Waals surface area contributed by atoms with E-state index in [1.54, 1.807) is 6.92 Å². The van der Waals surface area contributed by atoms with E-state index >= 15 is 0 Å². The van der Waals surface area contributed by atoms with Gasteiger partial charge in [0.05, 0.1) is 0 Å². The highest BCUT2D eigenvalue weighted by molar-refractivity contribution is 5.36. The molecule has 0 aliphatic heterocycles. The Morgan fingerprint density at radius 2 is 1.68 bits per heavy atom. The Hall–Kier alpha value is -1.85. The summed E-state index contributed by atoms with van der Waals surface area (Å²) in [6, 6.07) is 7.25. The van der Waals surface area contributed by atoms with E-state index in [2.05, 4.69) is 4.98 Å². The van der Waals surface area contributed by atoms with Crippen molar-refractivity contribution in [3.05, 3.63) is 65.5 Å². The van der Waals surface area contributed by atoms with Crippen LogP contribution in [-0.4, -0.2) is 16.1 Å². The van der Waals surface area contributed by atoms with Gasteiger partial charge in [-0.2, -0.15) is 4.39 Å². The van der Waals surface area contributed by atoms with Crippen LogP contribution in [0.3, 0.4) is 0 Å². The van der Waals surface area contributed by atoms with Crippen molar-refractivity contribution in [1.29, 1.82) is 0 Å². The van der Waals surface area contributed by atoms with Gasteiger partial charge < -0.3 is 10.8 Å². The molecule has 2 rings (SSSR count). The Morgan fingerprint density at radius 1 is 1.11 bits per heavy atom. The molecule has 0 fully saturated rings. The maximum absolute atomic E-state index is 13.0. The molecule has 3 N–H and O–H groups in total. The molecule has 0 aliphatic rings. The second-order valence-electron chi connectivity index (χ2n) is 4.43. The van der Waals surface area contributed by atoms with E-state index in [-0.39, 0.29) is 0 Å². The Labute approximate surface area is 109 Å². The van der Waals surface area contributed by atoms with Crippen molar-refractivity contribution in [2.75, 3.05) is 0 Å². The van der Waals surface area contributed by atoms with Gasteiger partial charge >= 0.3 is 0 Å². The SMILES string of the molecule is C[C@H](N)[C@@](O)(c1ccc(F)cc1)c1ccc(F)nc1. The Kier molecular flexibility index (Phi) is 3.59. The van der Waals surface area contributed by atoms with Gasteiger partial charge in [-0.25, -0.2) is 9.37 Å². The monoisotopic (exact) mass is 264 g/mol. The zero-order chi connectivity index (χ0) is 14.0. The fraction of sp³-hybridized carbons (Fsp3) is 0.214. The van der Waals surface area contributed by atoms with Gasteiger partial charge in [-0.05, 0) is 36.8 Å². The van der Waals surface area contributed by atoms with Gasteiger partial charge in [0.1, 0.15) is 11.4 Å². The van der Waals surface area contributed by atoms with Crippen LogP contribution in [0, 0.1) is 11.8 Å². The van der Waals surface area contributed by atoms with E-state index in [1.165, 1.54) is 36.5 Å². The fourth-order valence-electron chi connectivity index (χ4n) is 2.00. The first-order chi connectivity index (χ1) is 8.94. The maximum atomic E-state index is 13.0. The molecule has 0 amide bonds. The maximum Gasteiger partial charge on any atom is 0.212 e. The summed E-state index contributed by atoms with van der Waals surface area (Å²) in [5.74, 6) is -1.05. The van der Waals surface area contributed by atoms with E-state index in [0.717, 1.165) is 6.07 Å². The summed E-state index contributed by atoms with van der Waals surface area (Å²) in [7, 11) is 0. The lowest BCUT2D eigenvalue weighted by atomic mass is 9.82. The molecule has 0 spiro atoms. The minimum absolute atomic E-state index is 0.357. The molecule has 0 aliphatic carbocycles. The van der Waals surface area contributed by atoms with Crippen molar-refractivity contribution < 1.29 is 13.9 Å². The van der Waals surface area contributed by atoms with E-state index in [9.17, 15) is 13.9 Å². The number of hydrogen-bond donors (Lipinski definition) is 2. The molecule has 19 heavy (non-hydrogen) atoms. The lowest BCUT2D eigenvalue weighted by molar-refractivity contribution is 0.0573. The molecule has 3 nitrogen and oxygen atoms in total. The molecule has 100 valence electrons. The van der Waals surface area contributed by atoms with Crippen LogP contribution in [0.15, 0.2) is 42.6 Å². The fourth-order valence-corrected chi connectivity index (χ4v) is 2.00.